The molecule has 1 unspecified atom stereocenters. The lowest BCUT2D eigenvalue weighted by atomic mass is 10.0. The zero-order valence-electron chi connectivity index (χ0n) is 9.83. The van der Waals surface area contributed by atoms with Crippen LogP contribution in [0, 0.1) is 5.82 Å². The van der Waals surface area contributed by atoms with E-state index >= 15 is 0 Å². The summed E-state index contributed by atoms with van der Waals surface area (Å²) in [6.45, 7) is 0.666. The van der Waals surface area contributed by atoms with Gasteiger partial charge in [-0.2, -0.15) is 0 Å². The zero-order chi connectivity index (χ0) is 13.1. The maximum Gasteiger partial charge on any atom is 0.258 e. The molecule has 1 aliphatic heterocycles. The van der Waals surface area contributed by atoms with Gasteiger partial charge in [0.2, 0.25) is 0 Å². The molecule has 0 bridgehead atoms. The SMILES string of the molecule is O=C(c1c(F)cccc1Cl)N1CCCCC1CBr. The molecule has 1 aliphatic rings. The van der Waals surface area contributed by atoms with Crippen LogP contribution < -0.4 is 0 Å². The lowest BCUT2D eigenvalue weighted by molar-refractivity contribution is 0.0637. The molecular weight excluding hydrogens is 321 g/mol. The molecule has 2 nitrogen and oxygen atoms in total. The van der Waals surface area contributed by atoms with Crippen molar-refractivity contribution in [2.45, 2.75) is 25.3 Å². The largest absolute Gasteiger partial charge is 0.335 e. The van der Waals surface area contributed by atoms with E-state index in [4.69, 9.17) is 11.6 Å². The number of halogens is 3. The van der Waals surface area contributed by atoms with E-state index < -0.39 is 5.82 Å². The minimum Gasteiger partial charge on any atom is -0.335 e. The molecule has 1 aromatic rings. The van der Waals surface area contributed by atoms with E-state index in [1.807, 2.05) is 0 Å². The second kappa shape index (κ2) is 6.02. The standard InChI is InChI=1S/C13H14BrClFNO/c14-8-9-4-1-2-7-17(9)13(18)12-10(15)5-3-6-11(12)16/h3,5-6,9H,1-2,4,7-8H2. The van der Waals surface area contributed by atoms with Gasteiger partial charge in [-0.15, -0.1) is 0 Å². The van der Waals surface area contributed by atoms with Gasteiger partial charge in [0.1, 0.15) is 5.82 Å². The lowest BCUT2D eigenvalue weighted by Gasteiger charge is -2.35. The normalized spacial score (nSPS) is 19.9. The molecule has 1 aromatic carbocycles. The fourth-order valence-electron chi connectivity index (χ4n) is 2.27. The highest BCUT2D eigenvalue weighted by atomic mass is 79.9. The monoisotopic (exact) mass is 333 g/mol. The average molecular weight is 335 g/mol. The number of alkyl halides is 1. The Morgan fingerprint density at radius 1 is 1.50 bits per heavy atom. The Morgan fingerprint density at radius 2 is 2.28 bits per heavy atom. The Kier molecular flexibility index (Phi) is 4.62. The second-order valence-corrected chi connectivity index (χ2v) is 5.45. The smallest absolute Gasteiger partial charge is 0.258 e. The summed E-state index contributed by atoms with van der Waals surface area (Å²) in [5.41, 5.74) is -0.00739. The molecular formula is C13H14BrClFNO. The van der Waals surface area contributed by atoms with Crippen LogP contribution in [0.3, 0.4) is 0 Å². The number of rotatable bonds is 2. The minimum atomic E-state index is -0.550. The highest BCUT2D eigenvalue weighted by Crippen LogP contribution is 2.25. The van der Waals surface area contributed by atoms with E-state index in [1.54, 1.807) is 11.0 Å². The first kappa shape index (κ1) is 13.8. The summed E-state index contributed by atoms with van der Waals surface area (Å²) in [4.78, 5) is 14.1. The van der Waals surface area contributed by atoms with Crippen molar-refractivity contribution < 1.29 is 9.18 Å². The molecule has 0 N–H and O–H groups in total. The molecule has 5 heteroatoms. The van der Waals surface area contributed by atoms with E-state index in [-0.39, 0.29) is 22.5 Å². The number of likely N-dealkylation sites (tertiary alicyclic amines) is 1. The molecule has 2 rings (SSSR count). The van der Waals surface area contributed by atoms with Crippen LogP contribution in [0.1, 0.15) is 29.6 Å². The quantitative estimate of drug-likeness (QED) is 0.752. The van der Waals surface area contributed by atoms with Crippen molar-refractivity contribution in [1.29, 1.82) is 0 Å². The van der Waals surface area contributed by atoms with Crippen molar-refractivity contribution in [3.05, 3.63) is 34.6 Å². The summed E-state index contributed by atoms with van der Waals surface area (Å²) < 4.78 is 13.7. The molecule has 0 aliphatic carbocycles. The Morgan fingerprint density at radius 3 is 2.94 bits per heavy atom. The van der Waals surface area contributed by atoms with Crippen molar-refractivity contribution in [1.82, 2.24) is 4.90 Å². The van der Waals surface area contributed by atoms with Gasteiger partial charge in [0, 0.05) is 17.9 Å². The van der Waals surface area contributed by atoms with E-state index in [2.05, 4.69) is 15.9 Å². The Bertz CT molecular complexity index is 434. The van der Waals surface area contributed by atoms with Crippen molar-refractivity contribution >= 4 is 33.4 Å². The van der Waals surface area contributed by atoms with Crippen LogP contribution in [0.25, 0.3) is 0 Å². The Labute approximate surface area is 119 Å². The van der Waals surface area contributed by atoms with Gasteiger partial charge in [-0.05, 0) is 31.4 Å². The molecule has 1 amide bonds. The summed E-state index contributed by atoms with van der Waals surface area (Å²) in [6.07, 6.45) is 3.01. The number of carbonyl (C=O) groups excluding carboxylic acids is 1. The van der Waals surface area contributed by atoms with Crippen molar-refractivity contribution in [3.63, 3.8) is 0 Å². The highest BCUT2D eigenvalue weighted by molar-refractivity contribution is 9.09. The maximum atomic E-state index is 13.7. The minimum absolute atomic E-state index is 0.00739. The van der Waals surface area contributed by atoms with E-state index in [0.717, 1.165) is 19.3 Å². The van der Waals surface area contributed by atoms with Gasteiger partial charge in [-0.1, -0.05) is 33.6 Å². The number of benzene rings is 1. The first-order valence-electron chi connectivity index (χ1n) is 5.96. The maximum absolute atomic E-state index is 13.7. The van der Waals surface area contributed by atoms with Gasteiger partial charge in [0.05, 0.1) is 10.6 Å². The van der Waals surface area contributed by atoms with Gasteiger partial charge < -0.3 is 4.90 Å². The number of carbonyl (C=O) groups is 1. The number of hydrogen-bond acceptors (Lipinski definition) is 1. The van der Waals surface area contributed by atoms with Crippen molar-refractivity contribution in [2.24, 2.45) is 0 Å². The molecule has 0 aromatic heterocycles. The van der Waals surface area contributed by atoms with Crippen LogP contribution >= 0.6 is 27.5 Å². The van der Waals surface area contributed by atoms with Crippen LogP contribution in [0.2, 0.25) is 5.02 Å². The fourth-order valence-corrected chi connectivity index (χ4v) is 3.19. The van der Waals surface area contributed by atoms with E-state index in [9.17, 15) is 9.18 Å². The second-order valence-electron chi connectivity index (χ2n) is 4.40. The number of piperidine rings is 1. The van der Waals surface area contributed by atoms with Crippen LogP contribution in [0.4, 0.5) is 4.39 Å². The first-order valence-corrected chi connectivity index (χ1v) is 7.46. The summed E-state index contributed by atoms with van der Waals surface area (Å²) in [6, 6.07) is 4.45. The van der Waals surface area contributed by atoms with Gasteiger partial charge >= 0.3 is 0 Å². The average Bonchev–Trinajstić information content (AvgIpc) is 2.38. The molecule has 1 atom stereocenters. The Hall–Kier alpha value is -0.610. The molecule has 98 valence electrons. The Balaban J connectivity index is 2.30. The van der Waals surface area contributed by atoms with Crippen LogP contribution in [-0.4, -0.2) is 28.7 Å². The summed E-state index contributed by atoms with van der Waals surface area (Å²) in [5.74, 6) is -0.853. The third-order valence-corrected chi connectivity index (χ3v) is 4.31. The predicted molar refractivity (Wildman–Crippen MR) is 73.9 cm³/mol. The van der Waals surface area contributed by atoms with Crippen molar-refractivity contribution in [2.75, 3.05) is 11.9 Å². The molecule has 1 saturated heterocycles. The molecule has 1 heterocycles. The third-order valence-electron chi connectivity index (χ3n) is 3.24. The van der Waals surface area contributed by atoms with Gasteiger partial charge in [-0.3, -0.25) is 4.79 Å². The predicted octanol–water partition coefficient (Wildman–Crippen LogP) is 3.87. The van der Waals surface area contributed by atoms with E-state index in [0.29, 0.717) is 11.9 Å². The van der Waals surface area contributed by atoms with Crippen LogP contribution in [-0.2, 0) is 0 Å². The summed E-state index contributed by atoms with van der Waals surface area (Å²) in [5, 5.41) is 0.893. The highest BCUT2D eigenvalue weighted by Gasteiger charge is 2.29. The third kappa shape index (κ3) is 2.69. The van der Waals surface area contributed by atoms with E-state index in [1.165, 1.54) is 12.1 Å². The molecule has 18 heavy (non-hydrogen) atoms. The topological polar surface area (TPSA) is 20.3 Å². The molecule has 1 fully saturated rings. The molecule has 0 radical (unpaired) electrons. The first-order chi connectivity index (χ1) is 8.65. The fraction of sp³-hybridized carbons (Fsp3) is 0.462. The number of hydrogen-bond donors (Lipinski definition) is 0. The molecule has 0 spiro atoms. The zero-order valence-corrected chi connectivity index (χ0v) is 12.2. The number of amides is 1. The van der Waals surface area contributed by atoms with Crippen molar-refractivity contribution in [3.8, 4) is 0 Å². The lowest BCUT2D eigenvalue weighted by Crippen LogP contribution is -2.45. The van der Waals surface area contributed by atoms with Crippen LogP contribution in [0.15, 0.2) is 18.2 Å². The van der Waals surface area contributed by atoms with Crippen LogP contribution in [0.5, 0.6) is 0 Å². The van der Waals surface area contributed by atoms with Gasteiger partial charge in [0.15, 0.2) is 0 Å². The number of nitrogens with zero attached hydrogens (tertiary/aromatic N) is 1. The molecule has 0 saturated carbocycles. The summed E-state index contributed by atoms with van der Waals surface area (Å²) >= 11 is 9.34. The van der Waals surface area contributed by atoms with Gasteiger partial charge in [0.25, 0.3) is 5.91 Å². The van der Waals surface area contributed by atoms with Gasteiger partial charge in [-0.25, -0.2) is 4.39 Å². The summed E-state index contributed by atoms with van der Waals surface area (Å²) in [7, 11) is 0.